The average molecular weight is 381 g/mol. The van der Waals surface area contributed by atoms with Crippen LogP contribution in [0.5, 0.6) is 0 Å². The Bertz CT molecular complexity index is 685. The van der Waals surface area contributed by atoms with E-state index in [1.165, 1.54) is 0 Å². The highest BCUT2D eigenvalue weighted by Crippen LogP contribution is 2.23. The second-order valence-electron chi connectivity index (χ2n) is 8.18. The van der Waals surface area contributed by atoms with Gasteiger partial charge in [-0.05, 0) is 61.4 Å². The number of sulfone groups is 1. The van der Waals surface area contributed by atoms with Crippen LogP contribution in [0.3, 0.4) is 0 Å². The number of carbonyl (C=O) groups excluding carboxylic acids is 1. The highest BCUT2D eigenvalue weighted by atomic mass is 32.2. The Kier molecular flexibility index (Phi) is 7.24. The standard InChI is InChI=1S/C20H32N2O3S/c1-20(2,3)17-5-7-18(8-6-17)26(24,25)15-14-22-19(23)9-4-16-10-12-21-13-11-16/h5-8,16,21H,4,9-15H2,1-3H3,(H,22,23). The van der Waals surface area contributed by atoms with Crippen molar-refractivity contribution in [2.75, 3.05) is 25.4 Å². The van der Waals surface area contributed by atoms with Gasteiger partial charge in [0.15, 0.2) is 9.84 Å². The van der Waals surface area contributed by atoms with E-state index in [4.69, 9.17) is 0 Å². The number of piperidine rings is 1. The normalized spacial score (nSPS) is 16.4. The quantitative estimate of drug-likeness (QED) is 0.763. The predicted octanol–water partition coefficient (Wildman–Crippen LogP) is 2.65. The van der Waals surface area contributed by atoms with Crippen LogP contribution in [0.1, 0.15) is 52.0 Å². The van der Waals surface area contributed by atoms with Gasteiger partial charge in [-0.2, -0.15) is 0 Å². The molecule has 1 amide bonds. The van der Waals surface area contributed by atoms with E-state index < -0.39 is 9.84 Å². The molecule has 1 aliphatic heterocycles. The van der Waals surface area contributed by atoms with Gasteiger partial charge in [0.05, 0.1) is 10.6 Å². The van der Waals surface area contributed by atoms with Crippen LogP contribution in [-0.4, -0.2) is 39.7 Å². The van der Waals surface area contributed by atoms with Crippen LogP contribution in [0.25, 0.3) is 0 Å². The highest BCUT2D eigenvalue weighted by molar-refractivity contribution is 7.91. The molecule has 26 heavy (non-hydrogen) atoms. The summed E-state index contributed by atoms with van der Waals surface area (Å²) in [7, 11) is -3.38. The monoisotopic (exact) mass is 380 g/mol. The van der Waals surface area contributed by atoms with Gasteiger partial charge in [-0.15, -0.1) is 0 Å². The van der Waals surface area contributed by atoms with Gasteiger partial charge in [-0.25, -0.2) is 8.42 Å². The van der Waals surface area contributed by atoms with Gasteiger partial charge in [0.25, 0.3) is 0 Å². The number of amides is 1. The maximum absolute atomic E-state index is 12.4. The molecule has 146 valence electrons. The average Bonchev–Trinajstić information content (AvgIpc) is 2.60. The Hall–Kier alpha value is -1.40. The van der Waals surface area contributed by atoms with Crippen LogP contribution in [0.15, 0.2) is 29.2 Å². The first-order valence-corrected chi connectivity index (χ1v) is 11.1. The second kappa shape index (κ2) is 9.00. The largest absolute Gasteiger partial charge is 0.355 e. The number of carbonyl (C=O) groups is 1. The lowest BCUT2D eigenvalue weighted by Gasteiger charge is -2.22. The van der Waals surface area contributed by atoms with Crippen LogP contribution in [0.2, 0.25) is 0 Å². The molecule has 1 heterocycles. The molecule has 2 N–H and O–H groups in total. The molecule has 0 radical (unpaired) electrons. The molecule has 2 rings (SSSR count). The third-order valence-electron chi connectivity index (χ3n) is 5.01. The number of hydrogen-bond donors (Lipinski definition) is 2. The van der Waals surface area contributed by atoms with E-state index in [0.717, 1.165) is 37.9 Å². The van der Waals surface area contributed by atoms with E-state index in [1.807, 2.05) is 12.1 Å². The van der Waals surface area contributed by atoms with E-state index in [2.05, 4.69) is 31.4 Å². The summed E-state index contributed by atoms with van der Waals surface area (Å²) >= 11 is 0. The van der Waals surface area contributed by atoms with Crippen LogP contribution < -0.4 is 10.6 Å². The third-order valence-corrected chi connectivity index (χ3v) is 6.74. The van der Waals surface area contributed by atoms with Crippen molar-refractivity contribution >= 4 is 15.7 Å². The Labute approximate surface area is 157 Å². The third kappa shape index (κ3) is 6.40. The maximum Gasteiger partial charge on any atom is 0.220 e. The summed E-state index contributed by atoms with van der Waals surface area (Å²) in [6.07, 6.45) is 3.60. The summed E-state index contributed by atoms with van der Waals surface area (Å²) in [6.45, 7) is 8.49. The summed E-state index contributed by atoms with van der Waals surface area (Å²) in [5, 5.41) is 6.06. The Balaban J connectivity index is 1.77. The fourth-order valence-electron chi connectivity index (χ4n) is 3.20. The van der Waals surface area contributed by atoms with Crippen LogP contribution in [-0.2, 0) is 20.0 Å². The van der Waals surface area contributed by atoms with Crippen LogP contribution in [0, 0.1) is 5.92 Å². The zero-order chi connectivity index (χ0) is 19.2. The SMILES string of the molecule is CC(C)(C)c1ccc(S(=O)(=O)CCNC(=O)CCC2CCNCC2)cc1. The van der Waals surface area contributed by atoms with E-state index in [1.54, 1.807) is 12.1 Å². The van der Waals surface area contributed by atoms with Crippen LogP contribution >= 0.6 is 0 Å². The van der Waals surface area contributed by atoms with Gasteiger partial charge in [0.2, 0.25) is 5.91 Å². The lowest BCUT2D eigenvalue weighted by molar-refractivity contribution is -0.121. The molecular weight excluding hydrogens is 348 g/mol. The summed E-state index contributed by atoms with van der Waals surface area (Å²) in [5.41, 5.74) is 1.09. The van der Waals surface area contributed by atoms with Gasteiger partial charge in [0, 0.05) is 13.0 Å². The number of benzene rings is 1. The molecule has 0 atom stereocenters. The minimum atomic E-state index is -3.38. The molecular formula is C20H32N2O3S. The summed E-state index contributed by atoms with van der Waals surface area (Å²) in [4.78, 5) is 12.3. The van der Waals surface area contributed by atoms with Gasteiger partial charge in [-0.3, -0.25) is 4.79 Å². The molecule has 0 aromatic heterocycles. The minimum absolute atomic E-state index is 0.00926. The zero-order valence-corrected chi connectivity index (χ0v) is 17.0. The van der Waals surface area contributed by atoms with Crippen molar-refractivity contribution in [1.29, 1.82) is 0 Å². The van der Waals surface area contributed by atoms with E-state index in [9.17, 15) is 13.2 Å². The molecule has 5 nitrogen and oxygen atoms in total. The Morgan fingerprint density at radius 1 is 1.15 bits per heavy atom. The first-order chi connectivity index (χ1) is 12.2. The maximum atomic E-state index is 12.4. The summed E-state index contributed by atoms with van der Waals surface area (Å²) in [5.74, 6) is 0.481. The number of nitrogens with one attached hydrogen (secondary N) is 2. The predicted molar refractivity (Wildman–Crippen MR) is 105 cm³/mol. The lowest BCUT2D eigenvalue weighted by Crippen LogP contribution is -2.31. The summed E-state index contributed by atoms with van der Waals surface area (Å²) < 4.78 is 24.8. The topological polar surface area (TPSA) is 75.3 Å². The molecule has 1 aromatic carbocycles. The first-order valence-electron chi connectivity index (χ1n) is 9.49. The van der Waals surface area contributed by atoms with Crippen molar-refractivity contribution in [3.63, 3.8) is 0 Å². The molecule has 1 aromatic rings. The molecule has 0 aliphatic carbocycles. The first kappa shape index (κ1) is 20.9. The molecule has 1 aliphatic rings. The van der Waals surface area contributed by atoms with Crippen molar-refractivity contribution in [2.45, 2.75) is 56.8 Å². The molecule has 1 fully saturated rings. The van der Waals surface area contributed by atoms with Gasteiger partial charge < -0.3 is 10.6 Å². The molecule has 0 spiro atoms. The molecule has 1 saturated heterocycles. The summed E-state index contributed by atoms with van der Waals surface area (Å²) in [6, 6.07) is 7.05. The van der Waals surface area contributed by atoms with Gasteiger partial charge in [-0.1, -0.05) is 32.9 Å². The van der Waals surface area contributed by atoms with Gasteiger partial charge in [0.1, 0.15) is 0 Å². The van der Waals surface area contributed by atoms with E-state index >= 15 is 0 Å². The molecule has 0 saturated carbocycles. The molecule has 0 bridgehead atoms. The molecule has 6 heteroatoms. The number of hydrogen-bond acceptors (Lipinski definition) is 4. The lowest BCUT2D eigenvalue weighted by atomic mass is 9.87. The van der Waals surface area contributed by atoms with Crippen molar-refractivity contribution in [2.24, 2.45) is 5.92 Å². The Morgan fingerprint density at radius 3 is 2.35 bits per heavy atom. The van der Waals surface area contributed by atoms with Crippen molar-refractivity contribution in [1.82, 2.24) is 10.6 Å². The number of rotatable bonds is 7. The smallest absolute Gasteiger partial charge is 0.220 e. The van der Waals surface area contributed by atoms with Crippen LogP contribution in [0.4, 0.5) is 0 Å². The molecule has 0 unspecified atom stereocenters. The second-order valence-corrected chi connectivity index (χ2v) is 10.3. The van der Waals surface area contributed by atoms with Gasteiger partial charge >= 0.3 is 0 Å². The highest BCUT2D eigenvalue weighted by Gasteiger charge is 2.18. The van der Waals surface area contributed by atoms with Crippen molar-refractivity contribution < 1.29 is 13.2 Å². The minimum Gasteiger partial charge on any atom is -0.355 e. The van der Waals surface area contributed by atoms with Crippen molar-refractivity contribution in [3.05, 3.63) is 29.8 Å². The van der Waals surface area contributed by atoms with Crippen molar-refractivity contribution in [3.8, 4) is 0 Å². The fourth-order valence-corrected chi connectivity index (χ4v) is 4.36. The van der Waals surface area contributed by atoms with E-state index in [-0.39, 0.29) is 23.6 Å². The Morgan fingerprint density at radius 2 is 1.77 bits per heavy atom. The fraction of sp³-hybridized carbons (Fsp3) is 0.650. The van der Waals surface area contributed by atoms with E-state index in [0.29, 0.717) is 17.2 Å². The zero-order valence-electron chi connectivity index (χ0n) is 16.2.